The highest BCUT2D eigenvalue weighted by Gasteiger charge is 2.44. The monoisotopic (exact) mass is 337 g/mol. The van der Waals surface area contributed by atoms with E-state index in [9.17, 15) is 9.59 Å². The Labute approximate surface area is 140 Å². The van der Waals surface area contributed by atoms with Gasteiger partial charge in [0, 0.05) is 22.7 Å². The van der Waals surface area contributed by atoms with Crippen LogP contribution in [0.4, 0.5) is 0 Å². The number of rotatable bonds is 3. The van der Waals surface area contributed by atoms with E-state index in [-0.39, 0.29) is 6.04 Å². The van der Waals surface area contributed by atoms with E-state index < -0.39 is 23.8 Å². The predicted octanol–water partition coefficient (Wildman–Crippen LogP) is 2.65. The Balaban J connectivity index is 2.68. The van der Waals surface area contributed by atoms with Crippen LogP contribution in [0.3, 0.4) is 0 Å². The molecule has 124 valence electrons. The molecule has 0 radical (unpaired) electrons. The molecule has 3 atom stereocenters. The van der Waals surface area contributed by atoms with Gasteiger partial charge in [-0.3, -0.25) is 4.79 Å². The summed E-state index contributed by atoms with van der Waals surface area (Å²) in [5.74, 6) is -2.00. The van der Waals surface area contributed by atoms with Gasteiger partial charge in [-0.05, 0) is 25.5 Å². The molecule has 1 aromatic rings. The van der Waals surface area contributed by atoms with E-state index in [1.165, 1.54) is 14.2 Å². The highest BCUT2D eigenvalue weighted by atomic mass is 35.5. The fraction of sp³-hybridized carbons (Fsp3) is 0.412. The van der Waals surface area contributed by atoms with Crippen LogP contribution in [-0.2, 0) is 19.1 Å². The Morgan fingerprint density at radius 1 is 1.17 bits per heavy atom. The average Bonchev–Trinajstić information content (AvgIpc) is 2.53. The molecule has 0 fully saturated rings. The molecule has 1 heterocycles. The highest BCUT2D eigenvalue weighted by molar-refractivity contribution is 6.31. The van der Waals surface area contributed by atoms with Gasteiger partial charge in [0.15, 0.2) is 0 Å². The zero-order valence-electron chi connectivity index (χ0n) is 13.6. The first-order valence-corrected chi connectivity index (χ1v) is 7.68. The molecular weight excluding hydrogens is 318 g/mol. The molecule has 0 saturated heterocycles. The summed E-state index contributed by atoms with van der Waals surface area (Å²) in [4.78, 5) is 24.7. The first-order chi connectivity index (χ1) is 10.9. The molecule has 1 aliphatic heterocycles. The molecule has 0 aliphatic carbocycles. The van der Waals surface area contributed by atoms with Crippen LogP contribution in [0, 0.1) is 5.92 Å². The van der Waals surface area contributed by atoms with Gasteiger partial charge in [0.05, 0.1) is 25.7 Å². The van der Waals surface area contributed by atoms with Crippen molar-refractivity contribution < 1.29 is 19.1 Å². The topological polar surface area (TPSA) is 64.6 Å². The molecular formula is C17H20ClNO4. The molecule has 23 heavy (non-hydrogen) atoms. The van der Waals surface area contributed by atoms with Gasteiger partial charge in [-0.1, -0.05) is 29.8 Å². The number of methoxy groups -OCH3 is 2. The summed E-state index contributed by atoms with van der Waals surface area (Å²) in [5.41, 5.74) is 1.78. The second-order valence-electron chi connectivity index (χ2n) is 5.51. The molecule has 0 saturated carbocycles. The van der Waals surface area contributed by atoms with Crippen LogP contribution in [0.15, 0.2) is 35.5 Å². The summed E-state index contributed by atoms with van der Waals surface area (Å²) >= 11 is 6.33. The smallest absolute Gasteiger partial charge is 0.336 e. The molecule has 6 heteroatoms. The number of esters is 2. The molecule has 0 amide bonds. The summed E-state index contributed by atoms with van der Waals surface area (Å²) in [7, 11) is 2.65. The lowest BCUT2D eigenvalue weighted by molar-refractivity contribution is -0.147. The van der Waals surface area contributed by atoms with Gasteiger partial charge in [-0.2, -0.15) is 0 Å². The maximum absolute atomic E-state index is 12.4. The van der Waals surface area contributed by atoms with E-state index in [1.54, 1.807) is 19.1 Å². The summed E-state index contributed by atoms with van der Waals surface area (Å²) < 4.78 is 9.87. The van der Waals surface area contributed by atoms with Gasteiger partial charge in [0.1, 0.15) is 0 Å². The molecule has 0 spiro atoms. The molecule has 2 rings (SSSR count). The number of halogens is 1. The van der Waals surface area contributed by atoms with Crippen LogP contribution in [-0.4, -0.2) is 32.2 Å². The summed E-state index contributed by atoms with van der Waals surface area (Å²) in [6, 6.07) is 6.97. The maximum Gasteiger partial charge on any atom is 0.336 e. The van der Waals surface area contributed by atoms with Crippen molar-refractivity contribution in [2.24, 2.45) is 5.92 Å². The van der Waals surface area contributed by atoms with Crippen molar-refractivity contribution in [1.29, 1.82) is 0 Å². The number of carbonyl (C=O) groups is 2. The van der Waals surface area contributed by atoms with Gasteiger partial charge in [-0.15, -0.1) is 0 Å². The summed E-state index contributed by atoms with van der Waals surface area (Å²) in [5, 5.41) is 3.66. The molecule has 0 aromatic heterocycles. The lowest BCUT2D eigenvalue weighted by Gasteiger charge is -2.38. The SMILES string of the molecule is COC(=O)C1=C(C)NC(C)C(C(=O)OC)C1c1ccccc1Cl. The normalized spacial score (nSPS) is 24.0. The van der Waals surface area contributed by atoms with Crippen LogP contribution in [0.2, 0.25) is 5.02 Å². The quantitative estimate of drug-likeness (QED) is 0.859. The van der Waals surface area contributed by atoms with E-state index in [4.69, 9.17) is 21.1 Å². The number of carbonyl (C=O) groups excluding carboxylic acids is 2. The zero-order chi connectivity index (χ0) is 17.1. The van der Waals surface area contributed by atoms with Crippen LogP contribution >= 0.6 is 11.6 Å². The Morgan fingerprint density at radius 3 is 2.39 bits per heavy atom. The number of nitrogens with one attached hydrogen (secondary N) is 1. The number of benzene rings is 1. The van der Waals surface area contributed by atoms with Crippen molar-refractivity contribution in [1.82, 2.24) is 5.32 Å². The highest BCUT2D eigenvalue weighted by Crippen LogP contribution is 2.42. The fourth-order valence-electron chi connectivity index (χ4n) is 3.15. The van der Waals surface area contributed by atoms with E-state index in [2.05, 4.69) is 5.32 Å². The molecule has 3 unspecified atom stereocenters. The third-order valence-corrected chi connectivity index (χ3v) is 4.52. The minimum absolute atomic E-state index is 0.211. The molecule has 5 nitrogen and oxygen atoms in total. The van der Waals surface area contributed by atoms with Crippen molar-refractivity contribution in [2.75, 3.05) is 14.2 Å². The standard InChI is InChI=1S/C17H20ClNO4/c1-9-13(16(20)22-3)15(11-7-5-6-8-12(11)18)14(10(2)19-9)17(21)23-4/h5-9,13,15,19H,1-4H3. The van der Waals surface area contributed by atoms with Gasteiger partial charge < -0.3 is 14.8 Å². The van der Waals surface area contributed by atoms with Crippen LogP contribution in [0.1, 0.15) is 25.3 Å². The van der Waals surface area contributed by atoms with Crippen LogP contribution in [0.5, 0.6) is 0 Å². The number of hydrogen-bond donors (Lipinski definition) is 1. The minimum Gasteiger partial charge on any atom is -0.469 e. The van der Waals surface area contributed by atoms with E-state index >= 15 is 0 Å². The Morgan fingerprint density at radius 2 is 1.83 bits per heavy atom. The van der Waals surface area contributed by atoms with E-state index in [0.29, 0.717) is 21.9 Å². The minimum atomic E-state index is -0.585. The molecule has 1 aromatic carbocycles. The second kappa shape index (κ2) is 7.04. The van der Waals surface area contributed by atoms with Crippen molar-refractivity contribution >= 4 is 23.5 Å². The number of hydrogen-bond acceptors (Lipinski definition) is 5. The summed E-state index contributed by atoms with van der Waals surface area (Å²) in [6.45, 7) is 3.67. The fourth-order valence-corrected chi connectivity index (χ4v) is 3.41. The van der Waals surface area contributed by atoms with Crippen LogP contribution in [0.25, 0.3) is 0 Å². The Bertz CT molecular complexity index is 656. The van der Waals surface area contributed by atoms with E-state index in [1.807, 2.05) is 19.1 Å². The molecule has 1 N–H and O–H groups in total. The molecule has 1 aliphatic rings. The number of allylic oxidation sites excluding steroid dienone is 1. The van der Waals surface area contributed by atoms with Crippen LogP contribution < -0.4 is 5.32 Å². The largest absolute Gasteiger partial charge is 0.469 e. The zero-order valence-corrected chi connectivity index (χ0v) is 14.3. The summed E-state index contributed by atoms with van der Waals surface area (Å²) in [6.07, 6.45) is 0. The van der Waals surface area contributed by atoms with Gasteiger partial charge in [-0.25, -0.2) is 4.79 Å². The predicted molar refractivity (Wildman–Crippen MR) is 87.0 cm³/mol. The first kappa shape index (κ1) is 17.3. The molecule has 0 bridgehead atoms. The average molecular weight is 338 g/mol. The lowest BCUT2D eigenvalue weighted by Crippen LogP contribution is -2.47. The second-order valence-corrected chi connectivity index (χ2v) is 5.92. The van der Waals surface area contributed by atoms with Gasteiger partial charge >= 0.3 is 11.9 Å². The Kier molecular flexibility index (Phi) is 5.31. The van der Waals surface area contributed by atoms with E-state index in [0.717, 1.165) is 0 Å². The van der Waals surface area contributed by atoms with Crippen molar-refractivity contribution in [3.8, 4) is 0 Å². The van der Waals surface area contributed by atoms with Gasteiger partial charge in [0.25, 0.3) is 0 Å². The first-order valence-electron chi connectivity index (χ1n) is 7.30. The third kappa shape index (κ3) is 3.20. The Hall–Kier alpha value is -2.01. The maximum atomic E-state index is 12.4. The van der Waals surface area contributed by atoms with Gasteiger partial charge in [0.2, 0.25) is 0 Å². The van der Waals surface area contributed by atoms with Crippen molar-refractivity contribution in [3.05, 3.63) is 46.1 Å². The third-order valence-electron chi connectivity index (χ3n) is 4.18. The number of ether oxygens (including phenoxy) is 2. The van der Waals surface area contributed by atoms with Crippen molar-refractivity contribution in [2.45, 2.75) is 25.8 Å². The van der Waals surface area contributed by atoms with Crippen molar-refractivity contribution in [3.63, 3.8) is 0 Å². The lowest BCUT2D eigenvalue weighted by atomic mass is 9.74.